The normalized spacial score (nSPS) is 10.7. The maximum Gasteiger partial charge on any atom is 0.407 e. The Morgan fingerprint density at radius 1 is 1.47 bits per heavy atom. The molecule has 0 radical (unpaired) electrons. The standard InChI is InChI=1S/C14H17FN2O2/c1-14(2,3)19-13(18)17-8-10-5-6-11(9-16-4)12(15)7-10/h5-7H,8-9H2,1-3H3,(H,17,18). The lowest BCUT2D eigenvalue weighted by atomic mass is 10.1. The van der Waals surface area contributed by atoms with Gasteiger partial charge in [0, 0.05) is 6.54 Å². The molecule has 4 nitrogen and oxygen atoms in total. The lowest BCUT2D eigenvalue weighted by molar-refractivity contribution is 0.0523. The quantitative estimate of drug-likeness (QED) is 0.851. The van der Waals surface area contributed by atoms with Crippen LogP contribution < -0.4 is 5.32 Å². The molecule has 0 aromatic heterocycles. The minimum absolute atomic E-state index is 0.0195. The molecular formula is C14H17FN2O2. The summed E-state index contributed by atoms with van der Waals surface area (Å²) in [6.07, 6.45) is -0.543. The number of rotatable bonds is 3. The topological polar surface area (TPSA) is 42.7 Å². The third-order valence-electron chi connectivity index (χ3n) is 2.20. The fraction of sp³-hybridized carbons (Fsp3) is 0.429. The van der Waals surface area contributed by atoms with Gasteiger partial charge in [0.05, 0.1) is 5.56 Å². The zero-order valence-corrected chi connectivity index (χ0v) is 11.3. The van der Waals surface area contributed by atoms with Crippen molar-refractivity contribution < 1.29 is 13.9 Å². The van der Waals surface area contributed by atoms with Gasteiger partial charge in [-0.15, -0.1) is 0 Å². The SMILES string of the molecule is [C-]#[N+]Cc1ccc(CNC(=O)OC(C)(C)C)cc1F. The summed E-state index contributed by atoms with van der Waals surface area (Å²) < 4.78 is 18.6. The number of nitrogens with one attached hydrogen (secondary N) is 1. The van der Waals surface area contributed by atoms with Crippen molar-refractivity contribution in [2.24, 2.45) is 0 Å². The van der Waals surface area contributed by atoms with Gasteiger partial charge in [0.1, 0.15) is 11.4 Å². The lowest BCUT2D eigenvalue weighted by Gasteiger charge is -2.19. The Kier molecular flexibility index (Phi) is 4.87. The molecule has 0 spiro atoms. The molecule has 1 aromatic carbocycles. The maximum absolute atomic E-state index is 13.5. The average molecular weight is 264 g/mol. The van der Waals surface area contributed by atoms with E-state index in [1.165, 1.54) is 6.07 Å². The van der Waals surface area contributed by atoms with Crippen molar-refractivity contribution in [3.05, 3.63) is 46.6 Å². The first kappa shape index (κ1) is 15.0. The van der Waals surface area contributed by atoms with Crippen LogP contribution in [0.4, 0.5) is 9.18 Å². The highest BCUT2D eigenvalue weighted by atomic mass is 19.1. The number of hydrogen-bond acceptors (Lipinski definition) is 2. The van der Waals surface area contributed by atoms with E-state index in [0.717, 1.165) is 0 Å². The van der Waals surface area contributed by atoms with E-state index in [4.69, 9.17) is 11.3 Å². The van der Waals surface area contributed by atoms with Crippen LogP contribution in [-0.4, -0.2) is 11.7 Å². The van der Waals surface area contributed by atoms with Gasteiger partial charge >= 0.3 is 6.09 Å². The summed E-state index contributed by atoms with van der Waals surface area (Å²) in [6.45, 7) is 12.2. The van der Waals surface area contributed by atoms with Crippen LogP contribution in [0.15, 0.2) is 18.2 Å². The molecule has 102 valence electrons. The van der Waals surface area contributed by atoms with Gasteiger partial charge in [-0.25, -0.2) is 15.8 Å². The predicted octanol–water partition coefficient (Wildman–Crippen LogP) is 3.27. The van der Waals surface area contributed by atoms with Crippen molar-refractivity contribution in [1.29, 1.82) is 0 Å². The highest BCUT2D eigenvalue weighted by Gasteiger charge is 2.15. The number of nitrogens with zero attached hydrogens (tertiary/aromatic N) is 1. The van der Waals surface area contributed by atoms with E-state index in [-0.39, 0.29) is 13.1 Å². The minimum atomic E-state index is -0.561. The molecule has 0 unspecified atom stereocenters. The van der Waals surface area contributed by atoms with Crippen LogP contribution in [0.2, 0.25) is 0 Å². The molecule has 1 amide bonds. The van der Waals surface area contributed by atoms with Gasteiger partial charge < -0.3 is 14.9 Å². The van der Waals surface area contributed by atoms with Crippen LogP contribution in [0.3, 0.4) is 0 Å². The summed E-state index contributed by atoms with van der Waals surface area (Å²) in [5, 5.41) is 2.55. The number of ether oxygens (including phenoxy) is 1. The molecular weight excluding hydrogens is 247 g/mol. The molecule has 0 aliphatic heterocycles. The zero-order valence-electron chi connectivity index (χ0n) is 11.3. The number of alkyl carbamates (subject to hydrolysis) is 1. The number of carbonyl (C=O) groups excluding carboxylic acids is 1. The second-order valence-electron chi connectivity index (χ2n) is 5.10. The smallest absolute Gasteiger partial charge is 0.407 e. The van der Waals surface area contributed by atoms with E-state index in [2.05, 4.69) is 10.2 Å². The number of hydrogen-bond donors (Lipinski definition) is 1. The van der Waals surface area contributed by atoms with Gasteiger partial charge in [-0.3, -0.25) is 0 Å². The molecule has 0 bridgehead atoms. The molecule has 0 aliphatic rings. The Balaban J connectivity index is 2.57. The Morgan fingerprint density at radius 3 is 2.68 bits per heavy atom. The first-order valence-electron chi connectivity index (χ1n) is 5.89. The number of amides is 1. The first-order chi connectivity index (χ1) is 8.81. The maximum atomic E-state index is 13.5. The largest absolute Gasteiger partial charge is 0.444 e. The summed E-state index contributed by atoms with van der Waals surface area (Å²) in [7, 11) is 0. The minimum Gasteiger partial charge on any atom is -0.444 e. The van der Waals surface area contributed by atoms with Gasteiger partial charge in [-0.2, -0.15) is 0 Å². The van der Waals surface area contributed by atoms with E-state index < -0.39 is 17.5 Å². The predicted molar refractivity (Wildman–Crippen MR) is 69.8 cm³/mol. The number of carbonyl (C=O) groups is 1. The number of benzene rings is 1. The van der Waals surface area contributed by atoms with E-state index in [1.54, 1.807) is 32.9 Å². The molecule has 1 N–H and O–H groups in total. The first-order valence-corrected chi connectivity index (χ1v) is 5.89. The monoisotopic (exact) mass is 264 g/mol. The summed E-state index contributed by atoms with van der Waals surface area (Å²) in [6, 6.07) is 4.55. The molecule has 0 fully saturated rings. The van der Waals surface area contributed by atoms with Gasteiger partial charge in [0.2, 0.25) is 6.54 Å². The Hall–Kier alpha value is -2.09. The van der Waals surface area contributed by atoms with Crippen LogP contribution in [-0.2, 0) is 17.8 Å². The lowest BCUT2D eigenvalue weighted by Crippen LogP contribution is -2.32. The van der Waals surface area contributed by atoms with E-state index in [1.807, 2.05) is 0 Å². The molecule has 1 rings (SSSR count). The Morgan fingerprint density at radius 2 is 2.16 bits per heavy atom. The van der Waals surface area contributed by atoms with Crippen LogP contribution in [0.1, 0.15) is 31.9 Å². The molecule has 0 saturated carbocycles. The third kappa shape index (κ3) is 5.38. The van der Waals surface area contributed by atoms with Crippen LogP contribution in [0.25, 0.3) is 4.85 Å². The Bertz CT molecular complexity index is 501. The fourth-order valence-electron chi connectivity index (χ4n) is 1.40. The summed E-state index contributed by atoms with van der Waals surface area (Å²) in [5.74, 6) is -0.431. The van der Waals surface area contributed by atoms with Crippen molar-refractivity contribution in [3.8, 4) is 0 Å². The van der Waals surface area contributed by atoms with Gasteiger partial charge in [0.15, 0.2) is 0 Å². The molecule has 0 saturated heterocycles. The summed E-state index contributed by atoms with van der Waals surface area (Å²) in [4.78, 5) is 14.6. The second-order valence-corrected chi connectivity index (χ2v) is 5.10. The van der Waals surface area contributed by atoms with E-state index in [0.29, 0.717) is 11.1 Å². The Labute approximate surface area is 112 Å². The van der Waals surface area contributed by atoms with Crippen LogP contribution >= 0.6 is 0 Å². The highest BCUT2D eigenvalue weighted by Crippen LogP contribution is 2.12. The van der Waals surface area contributed by atoms with Crippen molar-refractivity contribution in [1.82, 2.24) is 5.32 Å². The zero-order chi connectivity index (χ0) is 14.5. The molecule has 1 aromatic rings. The van der Waals surface area contributed by atoms with Crippen molar-refractivity contribution in [2.75, 3.05) is 0 Å². The van der Waals surface area contributed by atoms with Crippen molar-refractivity contribution >= 4 is 6.09 Å². The second kappa shape index (κ2) is 6.19. The molecule has 0 aliphatic carbocycles. The van der Waals surface area contributed by atoms with Crippen molar-refractivity contribution in [3.63, 3.8) is 0 Å². The molecule has 5 heteroatoms. The third-order valence-corrected chi connectivity index (χ3v) is 2.20. The van der Waals surface area contributed by atoms with Crippen LogP contribution in [0.5, 0.6) is 0 Å². The van der Waals surface area contributed by atoms with Gasteiger partial charge in [0.25, 0.3) is 0 Å². The average Bonchev–Trinajstić information content (AvgIpc) is 2.27. The summed E-state index contributed by atoms with van der Waals surface area (Å²) >= 11 is 0. The van der Waals surface area contributed by atoms with Gasteiger partial charge in [-0.05, 0) is 38.5 Å². The highest BCUT2D eigenvalue weighted by molar-refractivity contribution is 5.67. The van der Waals surface area contributed by atoms with E-state index >= 15 is 0 Å². The fourth-order valence-corrected chi connectivity index (χ4v) is 1.40. The number of halogens is 1. The molecule has 19 heavy (non-hydrogen) atoms. The molecule has 0 atom stereocenters. The molecule has 0 heterocycles. The van der Waals surface area contributed by atoms with Gasteiger partial charge in [-0.1, -0.05) is 6.07 Å². The van der Waals surface area contributed by atoms with Crippen LogP contribution in [0, 0.1) is 12.4 Å². The van der Waals surface area contributed by atoms with Crippen molar-refractivity contribution in [2.45, 2.75) is 39.5 Å². The summed E-state index contributed by atoms with van der Waals surface area (Å²) in [5.41, 5.74) is 0.419. The van der Waals surface area contributed by atoms with E-state index in [9.17, 15) is 9.18 Å².